The summed E-state index contributed by atoms with van der Waals surface area (Å²) in [5.41, 5.74) is 1.43. The number of aromatic nitrogens is 1. The van der Waals surface area contributed by atoms with E-state index in [0.717, 1.165) is 15.4 Å². The Morgan fingerprint density at radius 3 is 2.79 bits per heavy atom. The molecule has 1 aromatic heterocycles. The first-order valence-corrected chi connectivity index (χ1v) is 8.54. The zero-order valence-electron chi connectivity index (χ0n) is 11.2. The van der Waals surface area contributed by atoms with Crippen molar-refractivity contribution in [3.05, 3.63) is 39.8 Å². The molecule has 0 amide bonds. The van der Waals surface area contributed by atoms with E-state index >= 15 is 0 Å². The average molecular weight is 357 g/mol. The monoisotopic (exact) mass is 356 g/mol. The smallest absolute Gasteiger partial charge is 0.154 e. The van der Waals surface area contributed by atoms with Gasteiger partial charge in [-0.2, -0.15) is 0 Å². The SMILES string of the molecule is CC(C)(C)NCc1ccc(Br)cc1Sc1nccs1. The number of hydrogen-bond acceptors (Lipinski definition) is 4. The highest BCUT2D eigenvalue weighted by molar-refractivity contribution is 9.10. The molecule has 0 aliphatic heterocycles. The van der Waals surface area contributed by atoms with Crippen LogP contribution in [0.15, 0.2) is 43.5 Å². The van der Waals surface area contributed by atoms with Crippen LogP contribution < -0.4 is 5.32 Å². The van der Waals surface area contributed by atoms with Crippen LogP contribution >= 0.6 is 39.0 Å². The Hall–Kier alpha value is -0.360. The minimum absolute atomic E-state index is 0.121. The van der Waals surface area contributed by atoms with Crippen LogP contribution in [0, 0.1) is 0 Å². The van der Waals surface area contributed by atoms with Crippen LogP contribution in [-0.2, 0) is 6.54 Å². The van der Waals surface area contributed by atoms with E-state index in [4.69, 9.17) is 0 Å². The molecule has 2 aromatic rings. The molecule has 0 saturated heterocycles. The summed E-state index contributed by atoms with van der Waals surface area (Å²) in [6.45, 7) is 7.41. The second-order valence-corrected chi connectivity index (χ2v) is 8.35. The molecule has 1 N–H and O–H groups in total. The fraction of sp³-hybridized carbons (Fsp3) is 0.357. The summed E-state index contributed by atoms with van der Waals surface area (Å²) in [5, 5.41) is 5.54. The Labute approximate surface area is 131 Å². The van der Waals surface area contributed by atoms with Gasteiger partial charge in [-0.05, 0) is 38.5 Å². The topological polar surface area (TPSA) is 24.9 Å². The van der Waals surface area contributed by atoms with Crippen LogP contribution in [0.25, 0.3) is 0 Å². The molecule has 0 aliphatic rings. The molecule has 0 unspecified atom stereocenters. The average Bonchev–Trinajstić information content (AvgIpc) is 2.79. The fourth-order valence-corrected chi connectivity index (χ4v) is 3.74. The van der Waals surface area contributed by atoms with Crippen molar-refractivity contribution in [1.29, 1.82) is 0 Å². The van der Waals surface area contributed by atoms with Gasteiger partial charge in [-0.1, -0.05) is 33.8 Å². The van der Waals surface area contributed by atoms with E-state index < -0.39 is 0 Å². The standard InChI is InChI=1S/C14H17BrN2S2/c1-14(2,3)17-9-10-4-5-11(15)8-12(10)19-13-16-6-7-18-13/h4-8,17H,9H2,1-3H3. The maximum atomic E-state index is 4.34. The number of thiazole rings is 1. The Morgan fingerprint density at radius 1 is 1.37 bits per heavy atom. The molecule has 19 heavy (non-hydrogen) atoms. The maximum Gasteiger partial charge on any atom is 0.154 e. The van der Waals surface area contributed by atoms with E-state index in [1.54, 1.807) is 23.1 Å². The lowest BCUT2D eigenvalue weighted by atomic mass is 10.1. The summed E-state index contributed by atoms with van der Waals surface area (Å²) in [6.07, 6.45) is 1.85. The number of hydrogen-bond donors (Lipinski definition) is 1. The number of nitrogens with zero attached hydrogens (tertiary/aromatic N) is 1. The van der Waals surface area contributed by atoms with Crippen molar-refractivity contribution in [2.24, 2.45) is 0 Å². The summed E-state index contributed by atoms with van der Waals surface area (Å²) >= 11 is 6.94. The van der Waals surface area contributed by atoms with E-state index in [1.807, 2.05) is 11.6 Å². The molecule has 0 spiro atoms. The lowest BCUT2D eigenvalue weighted by Crippen LogP contribution is -2.35. The van der Waals surface area contributed by atoms with Gasteiger partial charge in [0, 0.05) is 33.0 Å². The van der Waals surface area contributed by atoms with Gasteiger partial charge in [-0.25, -0.2) is 4.98 Å². The molecule has 0 radical (unpaired) electrons. The largest absolute Gasteiger partial charge is 0.308 e. The molecule has 2 rings (SSSR count). The second kappa shape index (κ2) is 6.39. The number of rotatable bonds is 4. The maximum absolute atomic E-state index is 4.34. The summed E-state index contributed by atoms with van der Waals surface area (Å²) in [5.74, 6) is 0. The predicted octanol–water partition coefficient (Wildman–Crippen LogP) is 4.94. The van der Waals surface area contributed by atoms with Crippen molar-refractivity contribution in [3.8, 4) is 0 Å². The molecule has 1 aromatic carbocycles. The first kappa shape index (κ1) is 15.0. The van der Waals surface area contributed by atoms with Crippen LogP contribution in [0.4, 0.5) is 0 Å². The molecule has 0 bridgehead atoms. The van der Waals surface area contributed by atoms with Crippen molar-refractivity contribution < 1.29 is 0 Å². The third-order valence-electron chi connectivity index (χ3n) is 2.45. The molecule has 0 fully saturated rings. The van der Waals surface area contributed by atoms with Gasteiger partial charge in [-0.15, -0.1) is 11.3 Å². The van der Waals surface area contributed by atoms with Gasteiger partial charge >= 0.3 is 0 Å². The van der Waals surface area contributed by atoms with Crippen LogP contribution in [0.5, 0.6) is 0 Å². The van der Waals surface area contributed by atoms with Gasteiger partial charge in [0.15, 0.2) is 4.34 Å². The lowest BCUT2D eigenvalue weighted by Gasteiger charge is -2.21. The minimum atomic E-state index is 0.121. The first-order chi connectivity index (χ1) is 8.94. The Kier molecular flexibility index (Phi) is 5.06. The molecule has 2 nitrogen and oxygen atoms in total. The molecule has 0 aliphatic carbocycles. The van der Waals surface area contributed by atoms with Gasteiger partial charge in [-0.3, -0.25) is 0 Å². The molecular formula is C14H17BrN2S2. The molecular weight excluding hydrogens is 340 g/mol. The van der Waals surface area contributed by atoms with Crippen molar-refractivity contribution in [3.63, 3.8) is 0 Å². The Morgan fingerprint density at radius 2 is 2.16 bits per heavy atom. The highest BCUT2D eigenvalue weighted by Crippen LogP contribution is 2.33. The first-order valence-electron chi connectivity index (χ1n) is 6.05. The van der Waals surface area contributed by atoms with Crippen molar-refractivity contribution >= 4 is 39.0 Å². The Bertz CT molecular complexity index is 533. The van der Waals surface area contributed by atoms with E-state index in [0.29, 0.717) is 0 Å². The third kappa shape index (κ3) is 4.91. The van der Waals surface area contributed by atoms with E-state index in [-0.39, 0.29) is 5.54 Å². The summed E-state index contributed by atoms with van der Waals surface area (Å²) in [4.78, 5) is 5.59. The minimum Gasteiger partial charge on any atom is -0.308 e. The molecule has 0 atom stereocenters. The number of halogens is 1. The van der Waals surface area contributed by atoms with Crippen LogP contribution in [-0.4, -0.2) is 10.5 Å². The normalized spacial score (nSPS) is 11.8. The van der Waals surface area contributed by atoms with E-state index in [1.165, 1.54) is 10.5 Å². The fourth-order valence-electron chi connectivity index (χ4n) is 1.48. The molecule has 102 valence electrons. The predicted molar refractivity (Wildman–Crippen MR) is 87.0 cm³/mol. The van der Waals surface area contributed by atoms with Crippen LogP contribution in [0.1, 0.15) is 26.3 Å². The van der Waals surface area contributed by atoms with Crippen molar-refractivity contribution in [2.45, 2.75) is 42.1 Å². The molecule has 5 heteroatoms. The van der Waals surface area contributed by atoms with Gasteiger partial charge < -0.3 is 5.32 Å². The van der Waals surface area contributed by atoms with Crippen molar-refractivity contribution in [1.82, 2.24) is 10.3 Å². The molecule has 1 heterocycles. The zero-order chi connectivity index (χ0) is 13.9. The van der Waals surface area contributed by atoms with Crippen LogP contribution in [0.2, 0.25) is 0 Å². The van der Waals surface area contributed by atoms with Crippen LogP contribution in [0.3, 0.4) is 0 Å². The number of benzene rings is 1. The summed E-state index contributed by atoms with van der Waals surface area (Å²) in [6, 6.07) is 6.41. The van der Waals surface area contributed by atoms with Gasteiger partial charge in [0.2, 0.25) is 0 Å². The van der Waals surface area contributed by atoms with E-state index in [2.05, 4.69) is 65.2 Å². The highest BCUT2D eigenvalue weighted by atomic mass is 79.9. The van der Waals surface area contributed by atoms with Gasteiger partial charge in [0.25, 0.3) is 0 Å². The quantitative estimate of drug-likeness (QED) is 0.839. The van der Waals surface area contributed by atoms with Crippen molar-refractivity contribution in [2.75, 3.05) is 0 Å². The summed E-state index contributed by atoms with van der Waals surface area (Å²) in [7, 11) is 0. The zero-order valence-corrected chi connectivity index (χ0v) is 14.5. The van der Waals surface area contributed by atoms with Gasteiger partial charge in [0.1, 0.15) is 0 Å². The lowest BCUT2D eigenvalue weighted by molar-refractivity contribution is 0.422. The van der Waals surface area contributed by atoms with Gasteiger partial charge in [0.05, 0.1) is 0 Å². The highest BCUT2D eigenvalue weighted by Gasteiger charge is 2.12. The molecule has 0 saturated carbocycles. The Balaban J connectivity index is 2.18. The third-order valence-corrected chi connectivity index (χ3v) is 4.92. The second-order valence-electron chi connectivity index (χ2n) is 5.26. The van der Waals surface area contributed by atoms with E-state index in [9.17, 15) is 0 Å². The summed E-state index contributed by atoms with van der Waals surface area (Å²) < 4.78 is 2.18. The number of nitrogens with one attached hydrogen (secondary N) is 1.